The summed E-state index contributed by atoms with van der Waals surface area (Å²) in [6, 6.07) is 11.6. The fraction of sp³-hybridized carbons (Fsp3) is 0.250. The van der Waals surface area contributed by atoms with Gasteiger partial charge in [0.15, 0.2) is 0 Å². The molecule has 2 atom stereocenters. The summed E-state index contributed by atoms with van der Waals surface area (Å²) in [4.78, 5) is 0. The Bertz CT molecular complexity index is 585. The summed E-state index contributed by atoms with van der Waals surface area (Å²) in [5, 5.41) is 0.649. The highest BCUT2D eigenvalue weighted by molar-refractivity contribution is 9.10. The standard InChI is InChI=1S/C16H16BrClFNO/c1-2-15(20)16(10-3-5-12(18)6-4-10)21-14-8-11(17)7-13(19)9-14/h3-9,15-16H,2,20H2,1H3. The Morgan fingerprint density at radius 3 is 2.48 bits per heavy atom. The van der Waals surface area contributed by atoms with E-state index < -0.39 is 0 Å². The number of hydrogen-bond donors (Lipinski definition) is 1. The molecule has 2 unspecified atom stereocenters. The Balaban J connectivity index is 2.30. The third-order valence-corrected chi connectivity index (χ3v) is 3.87. The van der Waals surface area contributed by atoms with Crippen molar-refractivity contribution in [3.8, 4) is 5.75 Å². The van der Waals surface area contributed by atoms with Crippen molar-refractivity contribution in [2.24, 2.45) is 5.73 Å². The predicted octanol–water partition coefficient (Wildman–Crippen LogP) is 5.10. The Kier molecular flexibility index (Phi) is 5.62. The van der Waals surface area contributed by atoms with Crippen molar-refractivity contribution in [2.45, 2.75) is 25.5 Å². The van der Waals surface area contributed by atoms with E-state index in [1.165, 1.54) is 12.1 Å². The van der Waals surface area contributed by atoms with E-state index in [-0.39, 0.29) is 18.0 Å². The normalized spacial score (nSPS) is 13.8. The molecular formula is C16H16BrClFNO. The van der Waals surface area contributed by atoms with Crippen LogP contribution in [0.1, 0.15) is 25.0 Å². The SMILES string of the molecule is CCC(N)C(Oc1cc(F)cc(Br)c1)c1ccc(Cl)cc1. The molecule has 0 aromatic heterocycles. The van der Waals surface area contributed by atoms with Gasteiger partial charge in [-0.3, -0.25) is 0 Å². The Hall–Kier alpha value is -1.10. The summed E-state index contributed by atoms with van der Waals surface area (Å²) in [5.74, 6) is 0.0741. The van der Waals surface area contributed by atoms with Crippen LogP contribution in [0.4, 0.5) is 4.39 Å². The van der Waals surface area contributed by atoms with E-state index in [2.05, 4.69) is 15.9 Å². The molecule has 2 aromatic carbocycles. The average Bonchev–Trinajstić information content (AvgIpc) is 2.44. The maximum atomic E-state index is 13.5. The minimum Gasteiger partial charge on any atom is -0.484 e. The first kappa shape index (κ1) is 16.3. The van der Waals surface area contributed by atoms with Crippen LogP contribution in [-0.4, -0.2) is 6.04 Å². The number of benzene rings is 2. The molecule has 2 aromatic rings. The van der Waals surface area contributed by atoms with Crippen LogP contribution in [0.15, 0.2) is 46.9 Å². The van der Waals surface area contributed by atoms with Gasteiger partial charge in [-0.15, -0.1) is 0 Å². The second kappa shape index (κ2) is 7.25. The molecule has 0 spiro atoms. The maximum Gasteiger partial charge on any atom is 0.139 e. The van der Waals surface area contributed by atoms with Crippen molar-refractivity contribution >= 4 is 27.5 Å². The monoisotopic (exact) mass is 371 g/mol. The quantitative estimate of drug-likeness (QED) is 0.792. The zero-order chi connectivity index (χ0) is 15.4. The molecule has 0 saturated heterocycles. The Morgan fingerprint density at radius 2 is 1.90 bits per heavy atom. The van der Waals surface area contributed by atoms with Crippen molar-refractivity contribution in [1.29, 1.82) is 0 Å². The van der Waals surface area contributed by atoms with Crippen LogP contribution < -0.4 is 10.5 Å². The second-order valence-electron chi connectivity index (χ2n) is 4.77. The summed E-state index contributed by atoms with van der Waals surface area (Å²) in [6.45, 7) is 1.98. The summed E-state index contributed by atoms with van der Waals surface area (Å²) in [6.07, 6.45) is 0.380. The van der Waals surface area contributed by atoms with E-state index in [1.807, 2.05) is 19.1 Å². The lowest BCUT2D eigenvalue weighted by molar-refractivity contribution is 0.170. The van der Waals surface area contributed by atoms with Crippen LogP contribution in [0.2, 0.25) is 5.02 Å². The minimum atomic E-state index is -0.362. The smallest absolute Gasteiger partial charge is 0.139 e. The summed E-state index contributed by atoms with van der Waals surface area (Å²) < 4.78 is 20.0. The number of nitrogens with two attached hydrogens (primary N) is 1. The van der Waals surface area contributed by atoms with Gasteiger partial charge in [0.2, 0.25) is 0 Å². The molecule has 2 rings (SSSR count). The molecule has 0 amide bonds. The zero-order valence-corrected chi connectivity index (χ0v) is 13.9. The largest absolute Gasteiger partial charge is 0.484 e. The molecule has 0 aliphatic heterocycles. The van der Waals surface area contributed by atoms with E-state index in [0.717, 1.165) is 12.0 Å². The third kappa shape index (κ3) is 4.43. The number of rotatable bonds is 5. The van der Waals surface area contributed by atoms with Gasteiger partial charge < -0.3 is 10.5 Å². The van der Waals surface area contributed by atoms with Gasteiger partial charge in [-0.2, -0.15) is 0 Å². The highest BCUT2D eigenvalue weighted by Gasteiger charge is 2.21. The lowest BCUT2D eigenvalue weighted by Crippen LogP contribution is -2.31. The van der Waals surface area contributed by atoms with Gasteiger partial charge in [0.25, 0.3) is 0 Å². The van der Waals surface area contributed by atoms with Crippen LogP contribution in [0.3, 0.4) is 0 Å². The molecule has 0 heterocycles. The highest BCUT2D eigenvalue weighted by Crippen LogP contribution is 2.29. The lowest BCUT2D eigenvalue weighted by Gasteiger charge is -2.25. The highest BCUT2D eigenvalue weighted by atomic mass is 79.9. The van der Waals surface area contributed by atoms with E-state index in [9.17, 15) is 4.39 Å². The first-order chi connectivity index (χ1) is 9.99. The van der Waals surface area contributed by atoms with Crippen LogP contribution in [0.25, 0.3) is 0 Å². The van der Waals surface area contributed by atoms with Gasteiger partial charge in [0.1, 0.15) is 17.7 Å². The molecule has 0 radical (unpaired) electrons. The first-order valence-corrected chi connectivity index (χ1v) is 7.80. The minimum absolute atomic E-state index is 0.201. The van der Waals surface area contributed by atoms with Gasteiger partial charge in [-0.25, -0.2) is 4.39 Å². The van der Waals surface area contributed by atoms with E-state index in [0.29, 0.717) is 15.2 Å². The van der Waals surface area contributed by atoms with E-state index in [4.69, 9.17) is 22.1 Å². The average molecular weight is 373 g/mol. The van der Waals surface area contributed by atoms with E-state index in [1.54, 1.807) is 18.2 Å². The zero-order valence-electron chi connectivity index (χ0n) is 11.5. The number of halogens is 3. The molecule has 2 nitrogen and oxygen atoms in total. The van der Waals surface area contributed by atoms with Crippen molar-refractivity contribution in [3.05, 3.63) is 63.3 Å². The molecule has 0 aliphatic rings. The molecule has 112 valence electrons. The van der Waals surface area contributed by atoms with E-state index >= 15 is 0 Å². The summed E-state index contributed by atoms with van der Waals surface area (Å²) >= 11 is 9.16. The molecule has 0 bridgehead atoms. The second-order valence-corrected chi connectivity index (χ2v) is 6.12. The molecule has 5 heteroatoms. The Labute approximate surface area is 137 Å². The fourth-order valence-corrected chi connectivity index (χ4v) is 2.58. The molecule has 0 fully saturated rings. The van der Waals surface area contributed by atoms with Crippen molar-refractivity contribution in [2.75, 3.05) is 0 Å². The first-order valence-electron chi connectivity index (χ1n) is 6.63. The number of hydrogen-bond acceptors (Lipinski definition) is 2. The molecule has 2 N–H and O–H groups in total. The van der Waals surface area contributed by atoms with Gasteiger partial charge >= 0.3 is 0 Å². The van der Waals surface area contributed by atoms with Gasteiger partial charge in [-0.05, 0) is 36.2 Å². The van der Waals surface area contributed by atoms with Crippen LogP contribution in [0.5, 0.6) is 5.75 Å². The third-order valence-electron chi connectivity index (χ3n) is 3.16. The van der Waals surface area contributed by atoms with Crippen LogP contribution >= 0.6 is 27.5 Å². The van der Waals surface area contributed by atoms with Gasteiger partial charge in [0.05, 0.1) is 0 Å². The van der Waals surface area contributed by atoms with Crippen LogP contribution in [-0.2, 0) is 0 Å². The van der Waals surface area contributed by atoms with Crippen molar-refractivity contribution in [1.82, 2.24) is 0 Å². The molecule has 0 saturated carbocycles. The topological polar surface area (TPSA) is 35.2 Å². The van der Waals surface area contributed by atoms with Crippen molar-refractivity contribution in [3.63, 3.8) is 0 Å². The predicted molar refractivity (Wildman–Crippen MR) is 87.2 cm³/mol. The molecular weight excluding hydrogens is 357 g/mol. The molecule has 21 heavy (non-hydrogen) atoms. The summed E-state index contributed by atoms with van der Waals surface area (Å²) in [7, 11) is 0. The van der Waals surface area contributed by atoms with Crippen LogP contribution in [0, 0.1) is 5.82 Å². The maximum absolute atomic E-state index is 13.5. The van der Waals surface area contributed by atoms with Crippen molar-refractivity contribution < 1.29 is 9.13 Å². The van der Waals surface area contributed by atoms with Gasteiger partial charge in [-0.1, -0.05) is 46.6 Å². The summed E-state index contributed by atoms with van der Waals surface area (Å²) in [5.41, 5.74) is 7.06. The Morgan fingerprint density at radius 1 is 1.24 bits per heavy atom. The molecule has 0 aliphatic carbocycles. The fourth-order valence-electron chi connectivity index (χ4n) is 2.01. The number of ether oxygens (including phenoxy) is 1. The van der Waals surface area contributed by atoms with Gasteiger partial charge in [0, 0.05) is 21.6 Å². The lowest BCUT2D eigenvalue weighted by atomic mass is 10.0.